The second-order valence-electron chi connectivity index (χ2n) is 4.33. The molecule has 0 spiro atoms. The van der Waals surface area contributed by atoms with E-state index in [0.29, 0.717) is 12.1 Å². The van der Waals surface area contributed by atoms with Crippen LogP contribution in [0.4, 0.5) is 0 Å². The molecule has 0 saturated heterocycles. The summed E-state index contributed by atoms with van der Waals surface area (Å²) in [7, 11) is -2.79. The molecule has 7 nitrogen and oxygen atoms in total. The molecule has 0 aliphatic rings. The molecule has 0 bridgehead atoms. The van der Waals surface area contributed by atoms with Crippen molar-refractivity contribution in [1.82, 2.24) is 4.90 Å². The fourth-order valence-corrected chi connectivity index (χ4v) is 2.93. The van der Waals surface area contributed by atoms with Gasteiger partial charge in [-0.25, -0.2) is 8.42 Å². The summed E-state index contributed by atoms with van der Waals surface area (Å²) in [5.41, 5.74) is 5.55. The summed E-state index contributed by atoms with van der Waals surface area (Å²) in [5.74, 6) is -0.560. The van der Waals surface area contributed by atoms with Crippen LogP contribution in [0.3, 0.4) is 0 Å². The summed E-state index contributed by atoms with van der Waals surface area (Å²) in [6, 6.07) is 2.66. The van der Waals surface area contributed by atoms with Crippen LogP contribution in [0.2, 0.25) is 5.02 Å². The van der Waals surface area contributed by atoms with E-state index in [1.165, 1.54) is 24.1 Å². The molecule has 0 aromatic heterocycles. The molecule has 0 aliphatic carbocycles. The first-order chi connectivity index (χ1) is 9.68. The van der Waals surface area contributed by atoms with Gasteiger partial charge in [0, 0.05) is 13.6 Å². The molecule has 1 aromatic carbocycles. The molecule has 0 saturated carbocycles. The highest BCUT2D eigenvalue weighted by molar-refractivity contribution is 8.06. The highest BCUT2D eigenvalue weighted by Crippen LogP contribution is 2.29. The Hall–Kier alpha value is -1.80. The molecule has 0 fully saturated rings. The summed E-state index contributed by atoms with van der Waals surface area (Å²) >= 11 is 6.09. The standard InChI is InChI=1S/C12H16ClN3O4S/c1-4-16(3)11(17)9-8(6-5-7(2)10(9)13)21(19,20)12(14)15-18/h5-6,18H,4H2,1-3H3,(H2,14,15). The zero-order chi connectivity index (χ0) is 16.4. The van der Waals surface area contributed by atoms with Gasteiger partial charge in [0.2, 0.25) is 9.84 Å². The predicted octanol–water partition coefficient (Wildman–Crippen LogP) is 1.22. The lowest BCUT2D eigenvalue weighted by Gasteiger charge is -2.18. The number of aryl methyl sites for hydroxylation is 1. The molecule has 0 heterocycles. The summed E-state index contributed by atoms with van der Waals surface area (Å²) in [4.78, 5) is 13.3. The third kappa shape index (κ3) is 3.11. The van der Waals surface area contributed by atoms with Crippen molar-refractivity contribution >= 4 is 32.5 Å². The van der Waals surface area contributed by atoms with Crippen molar-refractivity contribution < 1.29 is 18.4 Å². The van der Waals surface area contributed by atoms with Gasteiger partial charge in [-0.1, -0.05) is 22.8 Å². The first-order valence-electron chi connectivity index (χ1n) is 5.95. The average molecular weight is 334 g/mol. The molecule has 1 amide bonds. The second-order valence-corrected chi connectivity index (χ2v) is 6.57. The molecule has 0 atom stereocenters. The van der Waals surface area contributed by atoms with E-state index < -0.39 is 25.8 Å². The Morgan fingerprint density at radius 3 is 2.52 bits per heavy atom. The maximum atomic E-state index is 12.4. The number of carbonyl (C=O) groups excluding carboxylic acids is 1. The van der Waals surface area contributed by atoms with Crippen LogP contribution in [0.15, 0.2) is 22.2 Å². The number of hydrogen-bond acceptors (Lipinski definition) is 5. The largest absolute Gasteiger partial charge is 0.409 e. The number of oxime groups is 1. The third-order valence-electron chi connectivity index (χ3n) is 3.00. The zero-order valence-corrected chi connectivity index (χ0v) is 13.4. The molecule has 3 N–H and O–H groups in total. The topological polar surface area (TPSA) is 113 Å². The maximum Gasteiger partial charge on any atom is 0.260 e. The molecular formula is C12H16ClN3O4S. The van der Waals surface area contributed by atoms with Crippen LogP contribution in [0.1, 0.15) is 22.8 Å². The average Bonchev–Trinajstić information content (AvgIpc) is 2.46. The number of sulfone groups is 1. The number of amides is 1. The van der Waals surface area contributed by atoms with Crippen molar-refractivity contribution in [2.45, 2.75) is 18.7 Å². The minimum Gasteiger partial charge on any atom is -0.409 e. The quantitative estimate of drug-likeness (QED) is 0.373. The first kappa shape index (κ1) is 17.3. The lowest BCUT2D eigenvalue weighted by Crippen LogP contribution is -2.31. The van der Waals surface area contributed by atoms with Crippen LogP contribution < -0.4 is 5.73 Å². The third-order valence-corrected chi connectivity index (χ3v) is 5.03. The van der Waals surface area contributed by atoms with Gasteiger partial charge in [-0.2, -0.15) is 0 Å². The zero-order valence-electron chi connectivity index (χ0n) is 11.8. The van der Waals surface area contributed by atoms with Crippen LogP contribution >= 0.6 is 11.6 Å². The van der Waals surface area contributed by atoms with Crippen molar-refractivity contribution in [3.63, 3.8) is 0 Å². The lowest BCUT2D eigenvalue weighted by atomic mass is 10.1. The highest BCUT2D eigenvalue weighted by Gasteiger charge is 2.30. The summed E-state index contributed by atoms with van der Waals surface area (Å²) in [5, 5.41) is 10.1. The van der Waals surface area contributed by atoms with E-state index in [1.807, 2.05) is 0 Å². The van der Waals surface area contributed by atoms with E-state index in [1.54, 1.807) is 13.8 Å². The van der Waals surface area contributed by atoms with E-state index in [4.69, 9.17) is 22.5 Å². The Morgan fingerprint density at radius 2 is 2.05 bits per heavy atom. The molecular weight excluding hydrogens is 318 g/mol. The van der Waals surface area contributed by atoms with Crippen molar-refractivity contribution in [3.8, 4) is 0 Å². The number of carbonyl (C=O) groups is 1. The Bertz CT molecular complexity index is 701. The molecule has 9 heteroatoms. The van der Waals surface area contributed by atoms with Gasteiger partial charge in [0.1, 0.15) is 0 Å². The van der Waals surface area contributed by atoms with Gasteiger partial charge in [-0.3, -0.25) is 4.79 Å². The Morgan fingerprint density at radius 1 is 1.48 bits per heavy atom. The Labute approximate surface area is 127 Å². The number of nitrogens with zero attached hydrogens (tertiary/aromatic N) is 2. The minimum atomic E-state index is -4.30. The normalized spacial score (nSPS) is 12.3. The summed E-state index contributed by atoms with van der Waals surface area (Å²) in [6.07, 6.45) is 0. The van der Waals surface area contributed by atoms with Crippen molar-refractivity contribution in [2.75, 3.05) is 13.6 Å². The SMILES string of the molecule is CCN(C)C(=O)c1c(S(=O)(=O)C(N)=NO)ccc(C)c1Cl. The Kier molecular flexibility index (Phi) is 5.19. The van der Waals surface area contributed by atoms with E-state index in [-0.39, 0.29) is 10.6 Å². The van der Waals surface area contributed by atoms with Gasteiger partial charge >= 0.3 is 0 Å². The molecule has 0 unspecified atom stereocenters. The van der Waals surface area contributed by atoms with Crippen LogP contribution in [0.25, 0.3) is 0 Å². The lowest BCUT2D eigenvalue weighted by molar-refractivity contribution is 0.0799. The van der Waals surface area contributed by atoms with Crippen LogP contribution in [0, 0.1) is 6.92 Å². The van der Waals surface area contributed by atoms with Gasteiger partial charge in [-0.05, 0) is 25.5 Å². The van der Waals surface area contributed by atoms with Gasteiger partial charge in [-0.15, -0.1) is 0 Å². The molecule has 0 radical (unpaired) electrons. The van der Waals surface area contributed by atoms with Gasteiger partial charge < -0.3 is 15.8 Å². The van der Waals surface area contributed by atoms with Gasteiger partial charge in [0.25, 0.3) is 11.1 Å². The highest BCUT2D eigenvalue weighted by atomic mass is 35.5. The maximum absolute atomic E-state index is 12.4. The molecule has 21 heavy (non-hydrogen) atoms. The van der Waals surface area contributed by atoms with E-state index in [9.17, 15) is 13.2 Å². The summed E-state index contributed by atoms with van der Waals surface area (Å²) in [6.45, 7) is 3.75. The molecule has 116 valence electrons. The number of nitrogens with two attached hydrogens (primary N) is 1. The Balaban J connectivity index is 3.71. The fourth-order valence-electron chi connectivity index (χ4n) is 1.59. The van der Waals surface area contributed by atoms with Gasteiger partial charge in [0.05, 0.1) is 15.5 Å². The van der Waals surface area contributed by atoms with Gasteiger partial charge in [0.15, 0.2) is 0 Å². The van der Waals surface area contributed by atoms with E-state index >= 15 is 0 Å². The van der Waals surface area contributed by atoms with Crippen LogP contribution in [0.5, 0.6) is 0 Å². The number of rotatable bonds is 3. The van der Waals surface area contributed by atoms with E-state index in [0.717, 1.165) is 0 Å². The second kappa shape index (κ2) is 6.31. The predicted molar refractivity (Wildman–Crippen MR) is 79.4 cm³/mol. The monoisotopic (exact) mass is 333 g/mol. The van der Waals surface area contributed by atoms with E-state index in [2.05, 4.69) is 5.16 Å². The fraction of sp³-hybridized carbons (Fsp3) is 0.333. The molecule has 1 aromatic rings. The van der Waals surface area contributed by atoms with Crippen LogP contribution in [-0.2, 0) is 9.84 Å². The molecule has 0 aliphatic heterocycles. The van der Waals surface area contributed by atoms with Crippen molar-refractivity contribution in [2.24, 2.45) is 10.9 Å². The minimum absolute atomic E-state index is 0.0205. The van der Waals surface area contributed by atoms with Crippen molar-refractivity contribution in [3.05, 3.63) is 28.3 Å². The number of benzene rings is 1. The smallest absolute Gasteiger partial charge is 0.260 e. The summed E-state index contributed by atoms with van der Waals surface area (Å²) < 4.78 is 24.4. The van der Waals surface area contributed by atoms with Crippen molar-refractivity contribution in [1.29, 1.82) is 0 Å². The van der Waals surface area contributed by atoms with Crippen LogP contribution in [-0.4, -0.2) is 43.2 Å². The molecule has 1 rings (SSSR count). The first-order valence-corrected chi connectivity index (χ1v) is 7.81. The number of amidine groups is 1. The number of hydrogen-bond donors (Lipinski definition) is 2. The number of halogens is 1.